The first-order chi connectivity index (χ1) is 11.0. The van der Waals surface area contributed by atoms with E-state index in [1.165, 1.54) is 12.0 Å². The summed E-state index contributed by atoms with van der Waals surface area (Å²) >= 11 is 3.40. The summed E-state index contributed by atoms with van der Waals surface area (Å²) in [6.07, 6.45) is 2.54. The molecule has 0 atom stereocenters. The number of benzene rings is 1. The van der Waals surface area contributed by atoms with Gasteiger partial charge in [0, 0.05) is 11.6 Å². The van der Waals surface area contributed by atoms with Crippen LogP contribution in [0.25, 0.3) is 0 Å². The van der Waals surface area contributed by atoms with Gasteiger partial charge in [0.1, 0.15) is 6.54 Å². The second-order valence-electron chi connectivity index (χ2n) is 5.40. The second kappa shape index (κ2) is 7.68. The van der Waals surface area contributed by atoms with Gasteiger partial charge in [-0.1, -0.05) is 6.92 Å². The third-order valence-corrected chi connectivity index (χ3v) is 4.07. The van der Waals surface area contributed by atoms with E-state index < -0.39 is 5.97 Å². The number of carboxylic acids is 1. The van der Waals surface area contributed by atoms with Crippen molar-refractivity contribution in [3.63, 3.8) is 0 Å². The lowest BCUT2D eigenvalue weighted by molar-refractivity contribution is -0.137. The van der Waals surface area contributed by atoms with Crippen molar-refractivity contribution in [3.05, 3.63) is 22.2 Å². The van der Waals surface area contributed by atoms with E-state index in [1.807, 2.05) is 6.92 Å². The molecule has 0 radical (unpaired) electrons. The maximum atomic E-state index is 12.7. The Hall–Kier alpha value is -1.76. The predicted octanol–water partition coefficient (Wildman–Crippen LogP) is 2.94. The zero-order valence-corrected chi connectivity index (χ0v) is 14.8. The van der Waals surface area contributed by atoms with Crippen LogP contribution in [0.1, 0.15) is 36.5 Å². The standard InChI is InChI=1S/C16H20BrNO5/c1-3-6-23-15-12(17)7-10(8-13(15)22-2)16(21)18(9-14(19)20)11-4-5-11/h7-8,11H,3-6,9H2,1-2H3,(H,19,20). The van der Waals surface area contributed by atoms with E-state index in [9.17, 15) is 9.59 Å². The van der Waals surface area contributed by atoms with Gasteiger partial charge in [0.25, 0.3) is 5.91 Å². The molecule has 0 saturated heterocycles. The number of ether oxygens (including phenoxy) is 2. The fraction of sp³-hybridized carbons (Fsp3) is 0.500. The highest BCUT2D eigenvalue weighted by atomic mass is 79.9. The fourth-order valence-electron chi connectivity index (χ4n) is 2.25. The van der Waals surface area contributed by atoms with Crippen molar-refractivity contribution < 1.29 is 24.2 Å². The van der Waals surface area contributed by atoms with Gasteiger partial charge >= 0.3 is 5.97 Å². The van der Waals surface area contributed by atoms with Crippen LogP contribution >= 0.6 is 15.9 Å². The highest BCUT2D eigenvalue weighted by Gasteiger charge is 2.34. The first-order valence-electron chi connectivity index (χ1n) is 7.51. The minimum Gasteiger partial charge on any atom is -0.493 e. The number of methoxy groups -OCH3 is 1. The second-order valence-corrected chi connectivity index (χ2v) is 6.25. The van der Waals surface area contributed by atoms with Gasteiger partial charge in [-0.05, 0) is 47.3 Å². The summed E-state index contributed by atoms with van der Waals surface area (Å²) in [7, 11) is 1.50. The Morgan fingerprint density at radius 2 is 2.09 bits per heavy atom. The van der Waals surface area contributed by atoms with Crippen molar-refractivity contribution in [1.82, 2.24) is 4.90 Å². The molecule has 2 rings (SSSR count). The predicted molar refractivity (Wildman–Crippen MR) is 88.2 cm³/mol. The number of carbonyl (C=O) groups excluding carboxylic acids is 1. The molecule has 1 saturated carbocycles. The van der Waals surface area contributed by atoms with E-state index in [0.29, 0.717) is 28.1 Å². The van der Waals surface area contributed by atoms with Crippen molar-refractivity contribution in [2.24, 2.45) is 0 Å². The molecule has 7 heteroatoms. The summed E-state index contributed by atoms with van der Waals surface area (Å²) in [5.74, 6) is -0.334. The average molecular weight is 386 g/mol. The van der Waals surface area contributed by atoms with Crippen LogP contribution in [0.4, 0.5) is 0 Å². The fourth-order valence-corrected chi connectivity index (χ4v) is 2.81. The lowest BCUT2D eigenvalue weighted by Gasteiger charge is -2.21. The minimum absolute atomic E-state index is 0.0133. The van der Waals surface area contributed by atoms with Gasteiger partial charge in [-0.15, -0.1) is 0 Å². The molecule has 1 fully saturated rings. The molecule has 126 valence electrons. The van der Waals surface area contributed by atoms with Crippen LogP contribution < -0.4 is 9.47 Å². The molecule has 1 amide bonds. The molecule has 6 nitrogen and oxygen atoms in total. The zero-order chi connectivity index (χ0) is 17.0. The lowest BCUT2D eigenvalue weighted by atomic mass is 10.1. The van der Waals surface area contributed by atoms with Crippen LogP contribution in [0.2, 0.25) is 0 Å². The van der Waals surface area contributed by atoms with Crippen LogP contribution in [0, 0.1) is 0 Å². The van der Waals surface area contributed by atoms with Gasteiger partial charge in [0.2, 0.25) is 0 Å². The SMILES string of the molecule is CCCOc1c(Br)cc(C(=O)N(CC(=O)O)C2CC2)cc1OC. The van der Waals surface area contributed by atoms with Gasteiger partial charge in [0.15, 0.2) is 11.5 Å². The number of carbonyl (C=O) groups is 2. The topological polar surface area (TPSA) is 76.1 Å². The molecular weight excluding hydrogens is 366 g/mol. The van der Waals surface area contributed by atoms with E-state index in [4.69, 9.17) is 14.6 Å². The summed E-state index contributed by atoms with van der Waals surface area (Å²) in [5, 5.41) is 9.01. The molecule has 0 unspecified atom stereocenters. The molecule has 1 aliphatic carbocycles. The Labute approximate surface area is 143 Å². The molecule has 1 aliphatic rings. The van der Waals surface area contributed by atoms with Crippen molar-refractivity contribution in [1.29, 1.82) is 0 Å². The van der Waals surface area contributed by atoms with Crippen LogP contribution in [-0.2, 0) is 4.79 Å². The smallest absolute Gasteiger partial charge is 0.323 e. The number of carboxylic acid groups (broad SMARTS) is 1. The number of nitrogens with zero attached hydrogens (tertiary/aromatic N) is 1. The Bertz CT molecular complexity index is 600. The normalized spacial score (nSPS) is 13.5. The van der Waals surface area contributed by atoms with Gasteiger partial charge < -0.3 is 19.5 Å². The highest BCUT2D eigenvalue weighted by molar-refractivity contribution is 9.10. The first kappa shape index (κ1) is 17.6. The first-order valence-corrected chi connectivity index (χ1v) is 8.30. The van der Waals surface area contributed by atoms with Crippen molar-refractivity contribution in [3.8, 4) is 11.5 Å². The summed E-state index contributed by atoms with van der Waals surface area (Å²) in [6.45, 7) is 2.24. The van der Waals surface area contributed by atoms with E-state index in [2.05, 4.69) is 15.9 Å². The zero-order valence-electron chi connectivity index (χ0n) is 13.2. The van der Waals surface area contributed by atoms with Crippen molar-refractivity contribution in [2.45, 2.75) is 32.2 Å². The quantitative estimate of drug-likeness (QED) is 0.744. The van der Waals surface area contributed by atoms with Crippen LogP contribution in [0.3, 0.4) is 0 Å². The Morgan fingerprint density at radius 1 is 1.39 bits per heavy atom. The summed E-state index contributed by atoms with van der Waals surface area (Å²) in [6, 6.07) is 3.25. The van der Waals surface area contributed by atoms with E-state index in [-0.39, 0.29) is 18.5 Å². The van der Waals surface area contributed by atoms with Crippen molar-refractivity contribution in [2.75, 3.05) is 20.3 Å². The third kappa shape index (κ3) is 4.37. The van der Waals surface area contributed by atoms with Crippen LogP contribution in [0.5, 0.6) is 11.5 Å². The van der Waals surface area contributed by atoms with Crippen LogP contribution in [0.15, 0.2) is 16.6 Å². The minimum atomic E-state index is -1.01. The van der Waals surface area contributed by atoms with E-state index in [1.54, 1.807) is 12.1 Å². The Kier molecular flexibility index (Phi) is 5.87. The lowest BCUT2D eigenvalue weighted by Crippen LogP contribution is -2.37. The van der Waals surface area contributed by atoms with E-state index >= 15 is 0 Å². The number of hydrogen-bond donors (Lipinski definition) is 1. The van der Waals surface area contributed by atoms with Gasteiger partial charge in [0.05, 0.1) is 18.2 Å². The molecule has 1 N–H and O–H groups in total. The molecule has 1 aromatic carbocycles. The number of hydrogen-bond acceptors (Lipinski definition) is 4. The number of rotatable bonds is 8. The Balaban J connectivity index is 2.29. The summed E-state index contributed by atoms with van der Waals surface area (Å²) in [5.41, 5.74) is 0.380. The highest BCUT2D eigenvalue weighted by Crippen LogP contribution is 2.38. The van der Waals surface area contributed by atoms with E-state index in [0.717, 1.165) is 19.3 Å². The van der Waals surface area contributed by atoms with Crippen LogP contribution in [-0.4, -0.2) is 48.2 Å². The monoisotopic (exact) mass is 385 g/mol. The molecule has 0 aromatic heterocycles. The maximum absolute atomic E-state index is 12.7. The molecule has 0 bridgehead atoms. The molecule has 0 aliphatic heterocycles. The molecule has 0 spiro atoms. The van der Waals surface area contributed by atoms with Gasteiger partial charge in [-0.3, -0.25) is 9.59 Å². The number of amides is 1. The van der Waals surface area contributed by atoms with Crippen molar-refractivity contribution >= 4 is 27.8 Å². The maximum Gasteiger partial charge on any atom is 0.323 e. The third-order valence-electron chi connectivity index (χ3n) is 3.48. The number of halogens is 1. The average Bonchev–Trinajstić information content (AvgIpc) is 3.34. The van der Waals surface area contributed by atoms with Gasteiger partial charge in [-0.2, -0.15) is 0 Å². The molecule has 0 heterocycles. The Morgan fingerprint density at radius 3 is 2.61 bits per heavy atom. The summed E-state index contributed by atoms with van der Waals surface area (Å²) in [4.78, 5) is 25.0. The molecule has 1 aromatic rings. The van der Waals surface area contributed by atoms with Gasteiger partial charge in [-0.25, -0.2) is 0 Å². The largest absolute Gasteiger partial charge is 0.493 e. The molecular formula is C16H20BrNO5. The molecule has 23 heavy (non-hydrogen) atoms. The summed E-state index contributed by atoms with van der Waals surface area (Å²) < 4.78 is 11.6. The number of aliphatic carboxylic acids is 1.